The molecule has 15 heavy (non-hydrogen) atoms. The lowest BCUT2D eigenvalue weighted by atomic mass is 10.2. The largest absolute Gasteiger partial charge is 0.326 e. The maximum absolute atomic E-state index is 11.1. The molecule has 0 saturated heterocycles. The molecule has 0 spiro atoms. The highest BCUT2D eigenvalue weighted by atomic mass is 35.5. The summed E-state index contributed by atoms with van der Waals surface area (Å²) in [6, 6.07) is 6.50. The zero-order chi connectivity index (χ0) is 10.6. The fourth-order valence-corrected chi connectivity index (χ4v) is 1.02. The van der Waals surface area contributed by atoms with Gasteiger partial charge < -0.3 is 5.32 Å². The number of nitrogens with one attached hydrogen (secondary N) is 2. The van der Waals surface area contributed by atoms with E-state index >= 15 is 0 Å². The number of nitrogen functional groups attached to an aromatic ring is 1. The number of hydrogen-bond donors (Lipinski definition) is 3. The molecule has 0 radical (unpaired) electrons. The monoisotopic (exact) mass is 229 g/mol. The van der Waals surface area contributed by atoms with Crippen molar-refractivity contribution in [2.75, 3.05) is 5.32 Å². The Morgan fingerprint density at radius 1 is 1.33 bits per heavy atom. The van der Waals surface area contributed by atoms with Crippen LogP contribution in [0, 0.1) is 0 Å². The molecule has 0 bridgehead atoms. The molecular formula is C9H12ClN3O2. The van der Waals surface area contributed by atoms with Crippen molar-refractivity contribution in [3.05, 3.63) is 29.8 Å². The second-order valence-corrected chi connectivity index (χ2v) is 2.74. The summed E-state index contributed by atoms with van der Waals surface area (Å²) in [4.78, 5) is 21.8. The molecule has 5 nitrogen and oxygen atoms in total. The van der Waals surface area contributed by atoms with Gasteiger partial charge in [-0.2, -0.15) is 0 Å². The Morgan fingerprint density at radius 3 is 2.53 bits per heavy atom. The lowest BCUT2D eigenvalue weighted by Gasteiger charge is -2.04. The molecule has 1 aromatic rings. The molecule has 6 heteroatoms. The first-order valence-corrected chi connectivity index (χ1v) is 4.02. The number of amides is 2. The van der Waals surface area contributed by atoms with E-state index in [0.717, 1.165) is 0 Å². The lowest BCUT2D eigenvalue weighted by molar-refractivity contribution is -0.114. The predicted octanol–water partition coefficient (Wildman–Crippen LogP) is 0.670. The van der Waals surface area contributed by atoms with E-state index in [1.54, 1.807) is 24.3 Å². The van der Waals surface area contributed by atoms with Gasteiger partial charge in [-0.3, -0.25) is 15.0 Å². The summed E-state index contributed by atoms with van der Waals surface area (Å²) in [5.74, 6) is 4.39. The normalized spacial score (nSPS) is 8.67. The summed E-state index contributed by atoms with van der Waals surface area (Å²) in [5.41, 5.74) is 2.98. The fourth-order valence-electron chi connectivity index (χ4n) is 1.02. The minimum atomic E-state index is -0.391. The van der Waals surface area contributed by atoms with E-state index in [2.05, 4.69) is 5.32 Å². The van der Waals surface area contributed by atoms with Gasteiger partial charge in [0, 0.05) is 18.2 Å². The minimum absolute atomic E-state index is 0. The van der Waals surface area contributed by atoms with Crippen LogP contribution in [0.3, 0.4) is 0 Å². The van der Waals surface area contributed by atoms with E-state index in [1.165, 1.54) is 6.92 Å². The van der Waals surface area contributed by atoms with Crippen molar-refractivity contribution < 1.29 is 9.59 Å². The Labute approximate surface area is 93.4 Å². The number of rotatable bonds is 2. The number of carbonyl (C=O) groups is 2. The fraction of sp³-hybridized carbons (Fsp3) is 0.111. The van der Waals surface area contributed by atoms with Crippen molar-refractivity contribution in [2.24, 2.45) is 5.84 Å². The van der Waals surface area contributed by atoms with Crippen LogP contribution < -0.4 is 16.6 Å². The van der Waals surface area contributed by atoms with Crippen molar-refractivity contribution in [2.45, 2.75) is 6.92 Å². The third kappa shape index (κ3) is 3.97. The molecule has 0 aliphatic carbocycles. The molecule has 0 saturated carbocycles. The number of halogens is 1. The quantitative estimate of drug-likeness (QED) is 0.396. The van der Waals surface area contributed by atoms with Gasteiger partial charge in [0.1, 0.15) is 0 Å². The van der Waals surface area contributed by atoms with Crippen LogP contribution in [0.4, 0.5) is 5.69 Å². The molecular weight excluding hydrogens is 218 g/mol. The second-order valence-electron chi connectivity index (χ2n) is 2.74. The van der Waals surface area contributed by atoms with E-state index in [-0.39, 0.29) is 18.3 Å². The second kappa shape index (κ2) is 6.00. The summed E-state index contributed by atoms with van der Waals surface area (Å²) in [6.07, 6.45) is 0. The van der Waals surface area contributed by atoms with E-state index in [1.807, 2.05) is 5.43 Å². The average molecular weight is 230 g/mol. The molecule has 0 atom stereocenters. The lowest BCUT2D eigenvalue weighted by Crippen LogP contribution is -2.29. The molecule has 0 unspecified atom stereocenters. The van der Waals surface area contributed by atoms with Crippen LogP contribution in [0.1, 0.15) is 17.3 Å². The highest BCUT2D eigenvalue weighted by Gasteiger charge is 2.03. The van der Waals surface area contributed by atoms with E-state index in [0.29, 0.717) is 11.3 Å². The zero-order valence-corrected chi connectivity index (χ0v) is 8.93. The molecule has 0 aromatic heterocycles. The molecule has 82 valence electrons. The summed E-state index contributed by atoms with van der Waals surface area (Å²) in [5, 5.41) is 2.56. The number of anilines is 1. The van der Waals surface area contributed by atoms with Gasteiger partial charge in [0.25, 0.3) is 5.91 Å². The number of benzene rings is 1. The van der Waals surface area contributed by atoms with Gasteiger partial charge in [-0.25, -0.2) is 5.84 Å². The van der Waals surface area contributed by atoms with Gasteiger partial charge in [0.15, 0.2) is 0 Å². The zero-order valence-electron chi connectivity index (χ0n) is 8.11. The maximum Gasteiger partial charge on any atom is 0.265 e. The number of nitrogens with two attached hydrogens (primary N) is 1. The van der Waals surface area contributed by atoms with Crippen LogP contribution in [0.2, 0.25) is 0 Å². The van der Waals surface area contributed by atoms with Crippen LogP contribution in [-0.4, -0.2) is 11.8 Å². The van der Waals surface area contributed by atoms with Gasteiger partial charge in [0.2, 0.25) is 5.91 Å². The first-order chi connectivity index (χ1) is 6.63. The third-order valence-electron chi connectivity index (χ3n) is 1.58. The van der Waals surface area contributed by atoms with Gasteiger partial charge >= 0.3 is 0 Å². The molecule has 1 aromatic carbocycles. The molecule has 0 aliphatic rings. The Hall–Kier alpha value is -1.59. The molecule has 0 aliphatic heterocycles. The first-order valence-electron chi connectivity index (χ1n) is 4.02. The highest BCUT2D eigenvalue weighted by molar-refractivity contribution is 5.96. The summed E-state index contributed by atoms with van der Waals surface area (Å²) >= 11 is 0. The Balaban J connectivity index is 0.00000196. The third-order valence-corrected chi connectivity index (χ3v) is 1.58. The molecule has 1 rings (SSSR count). The standard InChI is InChI=1S/C9H11N3O2.ClH/c1-6(13)11-8-4-2-3-7(5-8)9(14)12-10;/h2-5H,10H2,1H3,(H,11,13)(H,12,14);1H. The minimum Gasteiger partial charge on any atom is -0.326 e. The van der Waals surface area contributed by atoms with Crippen molar-refractivity contribution >= 4 is 29.9 Å². The number of hydrazine groups is 1. The summed E-state index contributed by atoms with van der Waals surface area (Å²) < 4.78 is 0. The maximum atomic E-state index is 11.1. The van der Waals surface area contributed by atoms with E-state index in [9.17, 15) is 9.59 Å². The van der Waals surface area contributed by atoms with Crippen LogP contribution in [0.5, 0.6) is 0 Å². The number of carbonyl (C=O) groups excluding carboxylic acids is 2. The van der Waals surface area contributed by atoms with Crippen molar-refractivity contribution in [1.29, 1.82) is 0 Å². The molecule has 0 fully saturated rings. The van der Waals surface area contributed by atoms with E-state index in [4.69, 9.17) is 5.84 Å². The van der Waals surface area contributed by atoms with Gasteiger partial charge in [0.05, 0.1) is 0 Å². The van der Waals surface area contributed by atoms with Gasteiger partial charge in [-0.1, -0.05) is 6.07 Å². The Kier molecular flexibility index (Phi) is 5.36. The Morgan fingerprint density at radius 2 is 2.00 bits per heavy atom. The first kappa shape index (κ1) is 13.4. The van der Waals surface area contributed by atoms with E-state index < -0.39 is 5.91 Å². The van der Waals surface area contributed by atoms with Crippen molar-refractivity contribution in [3.63, 3.8) is 0 Å². The SMILES string of the molecule is CC(=O)Nc1cccc(C(=O)NN)c1.Cl. The van der Waals surface area contributed by atoms with Crippen molar-refractivity contribution in [3.8, 4) is 0 Å². The molecule has 4 N–H and O–H groups in total. The molecule has 0 heterocycles. The topological polar surface area (TPSA) is 84.2 Å². The predicted molar refractivity (Wildman–Crippen MR) is 59.6 cm³/mol. The van der Waals surface area contributed by atoms with Crippen LogP contribution in [0.15, 0.2) is 24.3 Å². The van der Waals surface area contributed by atoms with Gasteiger partial charge in [-0.05, 0) is 18.2 Å². The van der Waals surface area contributed by atoms with Crippen LogP contribution in [-0.2, 0) is 4.79 Å². The van der Waals surface area contributed by atoms with Crippen LogP contribution >= 0.6 is 12.4 Å². The van der Waals surface area contributed by atoms with Crippen LogP contribution in [0.25, 0.3) is 0 Å². The average Bonchev–Trinajstić information content (AvgIpc) is 2.16. The highest BCUT2D eigenvalue weighted by Crippen LogP contribution is 2.09. The molecule has 2 amide bonds. The van der Waals surface area contributed by atoms with Gasteiger partial charge in [-0.15, -0.1) is 12.4 Å². The van der Waals surface area contributed by atoms with Crippen molar-refractivity contribution in [1.82, 2.24) is 5.43 Å². The Bertz CT molecular complexity index is 368. The summed E-state index contributed by atoms with van der Waals surface area (Å²) in [6.45, 7) is 1.40. The summed E-state index contributed by atoms with van der Waals surface area (Å²) in [7, 11) is 0. The number of hydrogen-bond acceptors (Lipinski definition) is 3. The smallest absolute Gasteiger partial charge is 0.265 e.